The summed E-state index contributed by atoms with van der Waals surface area (Å²) in [6.07, 6.45) is 1.04. The van der Waals surface area contributed by atoms with Gasteiger partial charge in [-0.1, -0.05) is 42.0 Å². The van der Waals surface area contributed by atoms with Crippen LogP contribution in [-0.4, -0.2) is 7.05 Å². The highest BCUT2D eigenvalue weighted by Crippen LogP contribution is 2.26. The molecule has 0 aromatic heterocycles. The Hall–Kier alpha value is -1.60. The molecule has 0 bridgehead atoms. The minimum absolute atomic E-state index is 0.372. The van der Waals surface area contributed by atoms with Crippen molar-refractivity contribution in [3.8, 4) is 0 Å². The standard InChI is InChI=1S/C19H25N/c1-13-9-10-14(2)17(11-13)12-18(20-5)19-15(3)7-6-8-16(19)4/h6-11,18,20H,12H2,1-5H3. The van der Waals surface area contributed by atoms with E-state index in [4.69, 9.17) is 0 Å². The Morgan fingerprint density at radius 1 is 0.900 bits per heavy atom. The molecule has 0 aliphatic rings. The van der Waals surface area contributed by atoms with Crippen LogP contribution < -0.4 is 5.32 Å². The zero-order chi connectivity index (χ0) is 14.7. The van der Waals surface area contributed by atoms with E-state index >= 15 is 0 Å². The lowest BCUT2D eigenvalue weighted by molar-refractivity contribution is 0.584. The molecule has 2 aromatic rings. The fourth-order valence-electron chi connectivity index (χ4n) is 2.97. The highest BCUT2D eigenvalue weighted by Gasteiger charge is 2.15. The van der Waals surface area contributed by atoms with E-state index < -0.39 is 0 Å². The van der Waals surface area contributed by atoms with Gasteiger partial charge < -0.3 is 5.32 Å². The van der Waals surface area contributed by atoms with E-state index in [-0.39, 0.29) is 0 Å². The fourth-order valence-corrected chi connectivity index (χ4v) is 2.97. The van der Waals surface area contributed by atoms with Crippen LogP contribution in [0.15, 0.2) is 36.4 Å². The van der Waals surface area contributed by atoms with Crippen LogP contribution in [0.25, 0.3) is 0 Å². The van der Waals surface area contributed by atoms with Crippen LogP contribution in [0, 0.1) is 27.7 Å². The lowest BCUT2D eigenvalue weighted by Gasteiger charge is -2.22. The quantitative estimate of drug-likeness (QED) is 0.864. The van der Waals surface area contributed by atoms with E-state index in [1.54, 1.807) is 0 Å². The molecule has 1 atom stereocenters. The normalized spacial score (nSPS) is 12.4. The van der Waals surface area contributed by atoms with Gasteiger partial charge in [0.1, 0.15) is 0 Å². The van der Waals surface area contributed by atoms with Crippen LogP contribution in [0.4, 0.5) is 0 Å². The van der Waals surface area contributed by atoms with Crippen molar-refractivity contribution in [1.82, 2.24) is 5.32 Å². The molecule has 0 fully saturated rings. The van der Waals surface area contributed by atoms with E-state index in [0.29, 0.717) is 6.04 Å². The molecule has 1 nitrogen and oxygen atoms in total. The smallest absolute Gasteiger partial charge is 0.0363 e. The third-order valence-corrected chi connectivity index (χ3v) is 4.17. The van der Waals surface area contributed by atoms with E-state index in [1.807, 2.05) is 0 Å². The van der Waals surface area contributed by atoms with Gasteiger partial charge in [-0.05, 0) is 69.0 Å². The number of likely N-dealkylation sites (N-methyl/N-ethyl adjacent to an activating group) is 1. The van der Waals surface area contributed by atoms with Crippen LogP contribution in [-0.2, 0) is 6.42 Å². The molecule has 0 aliphatic carbocycles. The second kappa shape index (κ2) is 6.23. The molecule has 20 heavy (non-hydrogen) atoms. The fraction of sp³-hybridized carbons (Fsp3) is 0.368. The maximum Gasteiger partial charge on any atom is 0.0363 e. The minimum atomic E-state index is 0.372. The lowest BCUT2D eigenvalue weighted by Crippen LogP contribution is -2.21. The Morgan fingerprint density at radius 3 is 2.15 bits per heavy atom. The van der Waals surface area contributed by atoms with Gasteiger partial charge in [0.25, 0.3) is 0 Å². The summed E-state index contributed by atoms with van der Waals surface area (Å²) >= 11 is 0. The number of hydrogen-bond acceptors (Lipinski definition) is 1. The largest absolute Gasteiger partial charge is 0.313 e. The average Bonchev–Trinajstić information content (AvgIpc) is 2.41. The lowest BCUT2D eigenvalue weighted by atomic mass is 9.90. The molecule has 1 unspecified atom stereocenters. The van der Waals surface area contributed by atoms with Gasteiger partial charge in [0.2, 0.25) is 0 Å². The molecule has 0 radical (unpaired) electrons. The molecule has 1 N–H and O–H groups in total. The summed E-state index contributed by atoms with van der Waals surface area (Å²) in [5.41, 5.74) is 8.33. The van der Waals surface area contributed by atoms with Crippen molar-refractivity contribution in [3.05, 3.63) is 69.8 Å². The maximum absolute atomic E-state index is 3.50. The van der Waals surface area contributed by atoms with Gasteiger partial charge in [0, 0.05) is 6.04 Å². The molecular formula is C19H25N. The maximum atomic E-state index is 3.50. The Morgan fingerprint density at radius 2 is 1.55 bits per heavy atom. The summed E-state index contributed by atoms with van der Waals surface area (Å²) < 4.78 is 0. The summed E-state index contributed by atoms with van der Waals surface area (Å²) in [6, 6.07) is 13.6. The zero-order valence-corrected chi connectivity index (χ0v) is 13.2. The second-order valence-electron chi connectivity index (χ2n) is 5.78. The Balaban J connectivity index is 2.36. The Labute approximate surface area is 123 Å². The Bertz CT molecular complexity index is 578. The van der Waals surface area contributed by atoms with E-state index in [9.17, 15) is 0 Å². The van der Waals surface area contributed by atoms with Crippen molar-refractivity contribution in [2.45, 2.75) is 40.2 Å². The third kappa shape index (κ3) is 3.10. The van der Waals surface area contributed by atoms with Crippen LogP contribution in [0.3, 0.4) is 0 Å². The molecule has 0 aliphatic heterocycles. The first-order valence-electron chi connectivity index (χ1n) is 7.32. The molecule has 2 rings (SSSR count). The van der Waals surface area contributed by atoms with Crippen molar-refractivity contribution < 1.29 is 0 Å². The number of benzene rings is 2. The summed E-state index contributed by atoms with van der Waals surface area (Å²) in [5, 5.41) is 3.50. The van der Waals surface area contributed by atoms with E-state index in [0.717, 1.165) is 6.42 Å². The predicted octanol–water partition coefficient (Wildman–Crippen LogP) is 4.42. The molecule has 0 saturated heterocycles. The molecule has 106 valence electrons. The molecular weight excluding hydrogens is 242 g/mol. The molecule has 1 heteroatoms. The van der Waals surface area contributed by atoms with Gasteiger partial charge >= 0.3 is 0 Å². The van der Waals surface area contributed by atoms with Crippen LogP contribution >= 0.6 is 0 Å². The first kappa shape index (κ1) is 14.8. The topological polar surface area (TPSA) is 12.0 Å². The van der Waals surface area contributed by atoms with E-state index in [2.05, 4.69) is 76.5 Å². The van der Waals surface area contributed by atoms with Crippen LogP contribution in [0.5, 0.6) is 0 Å². The highest BCUT2D eigenvalue weighted by atomic mass is 14.9. The number of hydrogen-bond donors (Lipinski definition) is 1. The van der Waals surface area contributed by atoms with Gasteiger partial charge in [-0.3, -0.25) is 0 Å². The summed E-state index contributed by atoms with van der Waals surface area (Å²) in [6.45, 7) is 8.77. The molecule has 0 saturated carbocycles. The van der Waals surface area contributed by atoms with Crippen molar-refractivity contribution in [2.75, 3.05) is 7.05 Å². The van der Waals surface area contributed by atoms with E-state index in [1.165, 1.54) is 33.4 Å². The minimum Gasteiger partial charge on any atom is -0.313 e. The zero-order valence-electron chi connectivity index (χ0n) is 13.2. The van der Waals surface area contributed by atoms with Crippen LogP contribution in [0.2, 0.25) is 0 Å². The average molecular weight is 267 g/mol. The van der Waals surface area contributed by atoms with Crippen LogP contribution in [0.1, 0.15) is 39.4 Å². The molecule has 0 heterocycles. The van der Waals surface area contributed by atoms with Gasteiger partial charge in [-0.2, -0.15) is 0 Å². The monoisotopic (exact) mass is 267 g/mol. The van der Waals surface area contributed by atoms with Crippen molar-refractivity contribution in [2.24, 2.45) is 0 Å². The second-order valence-corrected chi connectivity index (χ2v) is 5.78. The van der Waals surface area contributed by atoms with Gasteiger partial charge in [-0.25, -0.2) is 0 Å². The third-order valence-electron chi connectivity index (χ3n) is 4.17. The highest BCUT2D eigenvalue weighted by molar-refractivity contribution is 5.39. The van der Waals surface area contributed by atoms with Crippen molar-refractivity contribution >= 4 is 0 Å². The summed E-state index contributed by atoms with van der Waals surface area (Å²) in [4.78, 5) is 0. The molecule has 2 aromatic carbocycles. The number of nitrogens with one attached hydrogen (secondary N) is 1. The van der Waals surface area contributed by atoms with Gasteiger partial charge in [0.15, 0.2) is 0 Å². The summed E-state index contributed by atoms with van der Waals surface area (Å²) in [5.74, 6) is 0. The summed E-state index contributed by atoms with van der Waals surface area (Å²) in [7, 11) is 2.06. The van der Waals surface area contributed by atoms with Crippen molar-refractivity contribution in [3.63, 3.8) is 0 Å². The predicted molar refractivity (Wildman–Crippen MR) is 87.3 cm³/mol. The molecule has 0 spiro atoms. The first-order valence-corrected chi connectivity index (χ1v) is 7.32. The Kier molecular flexibility index (Phi) is 4.61. The number of aryl methyl sites for hydroxylation is 4. The van der Waals surface area contributed by atoms with Gasteiger partial charge in [0.05, 0.1) is 0 Å². The number of rotatable bonds is 4. The molecule has 0 amide bonds. The SMILES string of the molecule is CNC(Cc1cc(C)ccc1C)c1c(C)cccc1C. The first-order chi connectivity index (χ1) is 9.52. The van der Waals surface area contributed by atoms with Crippen molar-refractivity contribution in [1.29, 1.82) is 0 Å². The van der Waals surface area contributed by atoms with Gasteiger partial charge in [-0.15, -0.1) is 0 Å².